The Kier molecular flexibility index (Phi) is 6.49. The number of ether oxygens (including phenoxy) is 1. The zero-order chi connectivity index (χ0) is 23.5. The number of carboxylic acids is 1. The van der Waals surface area contributed by atoms with Crippen molar-refractivity contribution < 1.29 is 24.2 Å². The van der Waals surface area contributed by atoms with Gasteiger partial charge in [0.2, 0.25) is 5.91 Å². The number of cyclic esters (lactones) is 1. The highest BCUT2D eigenvalue weighted by molar-refractivity contribution is 5.97. The van der Waals surface area contributed by atoms with Crippen LogP contribution in [0.4, 0.5) is 4.79 Å². The van der Waals surface area contributed by atoms with Crippen LogP contribution in [0.15, 0.2) is 66.7 Å². The fraction of sp³-hybridized carbons (Fsp3) is 0.346. The van der Waals surface area contributed by atoms with E-state index in [9.17, 15) is 19.5 Å². The first-order valence-electron chi connectivity index (χ1n) is 11.2. The van der Waals surface area contributed by atoms with Crippen LogP contribution in [0.25, 0.3) is 6.08 Å². The number of carbonyl (C=O) groups excluding carboxylic acids is 2. The topological polar surface area (TPSA) is 87.2 Å². The number of hydrogen-bond donors (Lipinski definition) is 1. The Hall–Kier alpha value is -3.61. The van der Waals surface area contributed by atoms with Crippen LogP contribution < -0.4 is 0 Å². The molecule has 1 N–H and O–H groups in total. The maximum atomic E-state index is 13.4. The van der Waals surface area contributed by atoms with Crippen molar-refractivity contribution >= 4 is 24.0 Å². The maximum absolute atomic E-state index is 13.4. The monoisotopic (exact) mass is 448 g/mol. The number of hydrogen-bond acceptors (Lipinski definition) is 4. The normalized spacial score (nSPS) is 23.7. The Morgan fingerprint density at radius 2 is 1.73 bits per heavy atom. The van der Waals surface area contributed by atoms with Gasteiger partial charge in [-0.25, -0.2) is 9.59 Å². The predicted molar refractivity (Wildman–Crippen MR) is 123 cm³/mol. The number of likely N-dealkylation sites (tertiary alicyclic amines) is 1. The molecular formula is C26H28N2O5. The molecule has 2 aromatic carbocycles. The van der Waals surface area contributed by atoms with E-state index in [1.54, 1.807) is 0 Å². The molecule has 0 bridgehead atoms. The average Bonchev–Trinajstić information content (AvgIpc) is 3.17. The Bertz CT molecular complexity index is 1040. The van der Waals surface area contributed by atoms with E-state index >= 15 is 0 Å². The summed E-state index contributed by atoms with van der Waals surface area (Å²) in [5, 5.41) is 9.89. The molecule has 4 atom stereocenters. The summed E-state index contributed by atoms with van der Waals surface area (Å²) in [6, 6.07) is 16.2. The van der Waals surface area contributed by atoms with E-state index < -0.39 is 36.2 Å². The van der Waals surface area contributed by atoms with Gasteiger partial charge in [-0.2, -0.15) is 0 Å². The van der Waals surface area contributed by atoms with E-state index in [-0.39, 0.29) is 18.4 Å². The molecule has 0 aliphatic carbocycles. The van der Waals surface area contributed by atoms with Crippen molar-refractivity contribution in [1.82, 2.24) is 9.80 Å². The highest BCUT2D eigenvalue weighted by Crippen LogP contribution is 2.39. The number of nitrogens with zero attached hydrogens (tertiary/aromatic N) is 2. The van der Waals surface area contributed by atoms with Crippen LogP contribution >= 0.6 is 0 Å². The average molecular weight is 449 g/mol. The fourth-order valence-corrected chi connectivity index (χ4v) is 4.58. The summed E-state index contributed by atoms with van der Waals surface area (Å²) in [7, 11) is 0. The fourth-order valence-electron chi connectivity index (χ4n) is 4.58. The minimum Gasteiger partial charge on any atom is -0.480 e. The molecule has 3 unspecified atom stereocenters. The third kappa shape index (κ3) is 4.49. The summed E-state index contributed by atoms with van der Waals surface area (Å²) in [6.45, 7) is 4.00. The lowest BCUT2D eigenvalue weighted by Crippen LogP contribution is -2.73. The van der Waals surface area contributed by atoms with E-state index in [1.807, 2.05) is 86.7 Å². The smallest absolute Gasteiger partial charge is 0.411 e. The van der Waals surface area contributed by atoms with Gasteiger partial charge >= 0.3 is 12.1 Å². The minimum absolute atomic E-state index is 0.0884. The molecule has 2 amide bonds. The van der Waals surface area contributed by atoms with Crippen LogP contribution in [0.2, 0.25) is 0 Å². The molecule has 33 heavy (non-hydrogen) atoms. The van der Waals surface area contributed by atoms with E-state index in [0.717, 1.165) is 11.1 Å². The summed E-state index contributed by atoms with van der Waals surface area (Å²) in [6.07, 6.45) is 3.46. The van der Waals surface area contributed by atoms with Crippen LogP contribution in [0.5, 0.6) is 0 Å². The van der Waals surface area contributed by atoms with Gasteiger partial charge in [0.1, 0.15) is 18.7 Å². The van der Waals surface area contributed by atoms with Gasteiger partial charge in [-0.3, -0.25) is 9.69 Å². The quantitative estimate of drug-likeness (QED) is 0.618. The van der Waals surface area contributed by atoms with Gasteiger partial charge in [-0.1, -0.05) is 86.7 Å². The summed E-state index contributed by atoms with van der Waals surface area (Å²) >= 11 is 0. The highest BCUT2D eigenvalue weighted by Gasteiger charge is 2.58. The first kappa shape index (κ1) is 22.6. The zero-order valence-corrected chi connectivity index (χ0v) is 18.7. The number of β-lactam (4-membered cyclic amide) rings is 1. The first-order valence-corrected chi connectivity index (χ1v) is 11.2. The van der Waals surface area contributed by atoms with E-state index in [4.69, 9.17) is 4.74 Å². The third-order valence-electron chi connectivity index (χ3n) is 6.15. The van der Waals surface area contributed by atoms with Crippen molar-refractivity contribution in [2.24, 2.45) is 5.92 Å². The summed E-state index contributed by atoms with van der Waals surface area (Å²) in [4.78, 5) is 41.1. The van der Waals surface area contributed by atoms with Crippen molar-refractivity contribution in [3.63, 3.8) is 0 Å². The molecule has 4 rings (SSSR count). The number of carboxylic acid groups (broad SMARTS) is 1. The standard InChI is InChI=1S/C26H28N2O5/c1-17(2)15-21(25(30)31)27-20(14-13-18-9-5-3-6-10-18)23(24(27)29)28-22(16-33-26(28)32)19-11-7-4-8-12-19/h3-14,17,20-23H,15-16H2,1-2H3,(H,30,31)/t20?,21?,22-,23?/m1/s1. The molecule has 0 aromatic heterocycles. The van der Waals surface area contributed by atoms with Crippen molar-refractivity contribution in [3.05, 3.63) is 77.9 Å². The molecule has 2 aliphatic heterocycles. The second kappa shape index (κ2) is 9.48. The molecule has 2 heterocycles. The molecule has 2 aliphatic rings. The number of carbonyl (C=O) groups is 3. The lowest BCUT2D eigenvalue weighted by atomic mass is 9.86. The lowest BCUT2D eigenvalue weighted by Gasteiger charge is -2.52. The van der Waals surface area contributed by atoms with Crippen molar-refractivity contribution in [2.45, 2.75) is 44.4 Å². The maximum Gasteiger partial charge on any atom is 0.411 e. The Balaban J connectivity index is 1.69. The van der Waals surface area contributed by atoms with E-state index in [2.05, 4.69) is 0 Å². The van der Waals surface area contributed by atoms with Gasteiger partial charge < -0.3 is 14.7 Å². The lowest BCUT2D eigenvalue weighted by molar-refractivity contribution is -0.168. The van der Waals surface area contributed by atoms with Crippen molar-refractivity contribution in [2.75, 3.05) is 6.61 Å². The molecule has 7 nitrogen and oxygen atoms in total. The largest absolute Gasteiger partial charge is 0.480 e. The van der Waals surface area contributed by atoms with Gasteiger partial charge in [0.05, 0.1) is 12.1 Å². The van der Waals surface area contributed by atoms with Gasteiger partial charge in [0, 0.05) is 0 Å². The zero-order valence-electron chi connectivity index (χ0n) is 18.7. The molecule has 0 spiro atoms. The van der Waals surface area contributed by atoms with Gasteiger partial charge in [-0.15, -0.1) is 0 Å². The molecule has 0 saturated carbocycles. The number of aliphatic carboxylic acids is 1. The SMILES string of the molecule is CC(C)CC(C(=O)O)N1C(=O)C(N2C(=O)OC[C@@H]2c2ccccc2)C1C=Cc1ccccc1. The second-order valence-corrected chi connectivity index (χ2v) is 8.84. The second-order valence-electron chi connectivity index (χ2n) is 8.84. The van der Waals surface area contributed by atoms with Gasteiger partial charge in [0.15, 0.2) is 0 Å². The van der Waals surface area contributed by atoms with E-state index in [0.29, 0.717) is 6.42 Å². The van der Waals surface area contributed by atoms with Crippen molar-refractivity contribution in [1.29, 1.82) is 0 Å². The molecule has 2 saturated heterocycles. The van der Waals surface area contributed by atoms with Gasteiger partial charge in [-0.05, 0) is 23.5 Å². The Morgan fingerprint density at radius 1 is 1.09 bits per heavy atom. The first-order chi connectivity index (χ1) is 15.9. The summed E-state index contributed by atoms with van der Waals surface area (Å²) in [5.41, 5.74) is 1.80. The highest BCUT2D eigenvalue weighted by atomic mass is 16.6. The third-order valence-corrected chi connectivity index (χ3v) is 6.15. The summed E-state index contributed by atoms with van der Waals surface area (Å²) in [5.74, 6) is -1.33. The Labute approximate surface area is 193 Å². The van der Waals surface area contributed by atoms with Crippen LogP contribution in [0, 0.1) is 5.92 Å². The molecule has 2 aromatic rings. The Morgan fingerprint density at radius 3 is 2.33 bits per heavy atom. The predicted octanol–water partition coefficient (Wildman–Crippen LogP) is 3.97. The number of amides is 2. The minimum atomic E-state index is -1.04. The van der Waals surface area contributed by atoms with Crippen LogP contribution in [0.1, 0.15) is 37.4 Å². The molecular weight excluding hydrogens is 420 g/mol. The summed E-state index contributed by atoms with van der Waals surface area (Å²) < 4.78 is 5.33. The van der Waals surface area contributed by atoms with Crippen molar-refractivity contribution in [3.8, 4) is 0 Å². The van der Waals surface area contributed by atoms with E-state index in [1.165, 1.54) is 9.80 Å². The molecule has 172 valence electrons. The molecule has 0 radical (unpaired) electrons. The molecule has 2 fully saturated rings. The molecule has 7 heteroatoms. The van der Waals surface area contributed by atoms with Crippen LogP contribution in [-0.4, -0.2) is 57.6 Å². The van der Waals surface area contributed by atoms with Gasteiger partial charge in [0.25, 0.3) is 0 Å². The number of rotatable bonds is 8. The van der Waals surface area contributed by atoms with Crippen LogP contribution in [-0.2, 0) is 14.3 Å². The number of benzene rings is 2. The van der Waals surface area contributed by atoms with Crippen LogP contribution in [0.3, 0.4) is 0 Å².